The van der Waals surface area contributed by atoms with Crippen molar-refractivity contribution in [2.45, 2.75) is 133 Å². The molecule has 2 rings (SSSR count). The number of carbonyl (C=O) groups excluding carboxylic acids is 3. The number of carboxylic acids is 1. The van der Waals surface area contributed by atoms with Crippen LogP contribution in [-0.4, -0.2) is 109 Å². The van der Waals surface area contributed by atoms with Gasteiger partial charge < -0.3 is 26.0 Å². The summed E-state index contributed by atoms with van der Waals surface area (Å²) >= 11 is 0. The van der Waals surface area contributed by atoms with Crippen molar-refractivity contribution in [3.63, 3.8) is 0 Å². The minimum Gasteiger partial charge on any atom is -0.481 e. The average Bonchev–Trinajstić information content (AvgIpc) is 3.49. The molecule has 2 fully saturated rings. The number of allylic oxidation sites excluding steroid dienone is 1. The normalized spacial score (nSPS) is 19.6. The molecule has 0 bridgehead atoms. The first-order valence-electron chi connectivity index (χ1n) is 17.5. The Morgan fingerprint density at radius 2 is 1.54 bits per heavy atom. The molecule has 4 amide bonds. The molecule has 48 heavy (non-hydrogen) atoms. The number of hydrogen-bond acceptors (Lipinski definition) is 6. The number of urea groups is 1. The van der Waals surface area contributed by atoms with Crippen LogP contribution in [0.1, 0.15) is 115 Å². The van der Waals surface area contributed by atoms with Gasteiger partial charge >= 0.3 is 6.03 Å². The Balaban J connectivity index is 0. The van der Waals surface area contributed by atoms with Crippen molar-refractivity contribution in [1.29, 1.82) is 0 Å². The first kappa shape index (κ1) is 47.4. The lowest BCUT2D eigenvalue weighted by molar-refractivity contribution is -0.138. The van der Waals surface area contributed by atoms with Gasteiger partial charge in [-0.15, -0.1) is 0 Å². The number of nitrogens with zero attached hydrogens (tertiary/aromatic N) is 3. The van der Waals surface area contributed by atoms with Gasteiger partial charge in [-0.2, -0.15) is 17.0 Å². The number of unbranched alkanes of at least 4 members (excludes halogenated alkanes) is 1. The summed E-state index contributed by atoms with van der Waals surface area (Å²) in [5.41, 5.74) is -0.426. The number of nitrogens with one attached hydrogen (secondary N) is 3. The van der Waals surface area contributed by atoms with Crippen LogP contribution >= 0.6 is 0 Å². The molecule has 13 nitrogen and oxygen atoms in total. The van der Waals surface area contributed by atoms with E-state index in [1.54, 1.807) is 7.05 Å². The second kappa shape index (κ2) is 24.4. The fourth-order valence-electron chi connectivity index (χ4n) is 4.72. The molecule has 0 aromatic rings. The van der Waals surface area contributed by atoms with Crippen molar-refractivity contribution >= 4 is 34.0 Å². The van der Waals surface area contributed by atoms with Gasteiger partial charge in [-0.25, -0.2) is 4.79 Å². The van der Waals surface area contributed by atoms with Gasteiger partial charge in [0, 0.05) is 52.2 Å². The smallest absolute Gasteiger partial charge is 0.315 e. The summed E-state index contributed by atoms with van der Waals surface area (Å²) in [6.07, 6.45) is 9.58. The molecule has 0 saturated carbocycles. The SMILES string of the molecule is CC.CC(=O)O.CCC.CCC/C=C\C(C)C(C)NC(=O)[C@@H]1CCCN1C(=O)CNC(=O)N[C@H](CN1CCCN(C)S1(=O)=O)C(C)(C)C. The molecule has 282 valence electrons. The number of carbonyl (C=O) groups is 4. The van der Waals surface area contributed by atoms with Gasteiger partial charge in [-0.1, -0.05) is 87.3 Å². The first-order valence-corrected chi connectivity index (χ1v) is 18.9. The van der Waals surface area contributed by atoms with Gasteiger partial charge in [0.25, 0.3) is 16.2 Å². The summed E-state index contributed by atoms with van der Waals surface area (Å²) in [5, 5.41) is 15.9. The highest BCUT2D eigenvalue weighted by Gasteiger charge is 2.37. The molecule has 2 saturated heterocycles. The molecule has 2 unspecified atom stereocenters. The van der Waals surface area contributed by atoms with Crippen LogP contribution in [0.4, 0.5) is 4.79 Å². The van der Waals surface area contributed by atoms with Crippen LogP contribution in [0.2, 0.25) is 0 Å². The number of likely N-dealkylation sites (tertiary alicyclic amines) is 1. The predicted molar refractivity (Wildman–Crippen MR) is 194 cm³/mol. The predicted octanol–water partition coefficient (Wildman–Crippen LogP) is 4.60. The lowest BCUT2D eigenvalue weighted by Gasteiger charge is -2.38. The van der Waals surface area contributed by atoms with E-state index in [4.69, 9.17) is 9.90 Å². The highest BCUT2D eigenvalue weighted by Crippen LogP contribution is 2.24. The monoisotopic (exact) mass is 704 g/mol. The van der Waals surface area contributed by atoms with Crippen molar-refractivity contribution in [1.82, 2.24) is 29.5 Å². The molecule has 0 spiro atoms. The zero-order valence-corrected chi connectivity index (χ0v) is 32.7. The molecule has 2 aliphatic heterocycles. The molecule has 2 aliphatic rings. The fourth-order valence-corrected chi connectivity index (χ4v) is 6.17. The quantitative estimate of drug-likeness (QED) is 0.228. The third-order valence-electron chi connectivity index (χ3n) is 7.67. The fraction of sp³-hybridized carbons (Fsp3) is 0.824. The van der Waals surface area contributed by atoms with E-state index in [1.807, 2.05) is 41.5 Å². The van der Waals surface area contributed by atoms with E-state index in [0.29, 0.717) is 32.5 Å². The Kier molecular flexibility index (Phi) is 24.1. The van der Waals surface area contributed by atoms with Gasteiger partial charge in [0.05, 0.1) is 6.54 Å². The van der Waals surface area contributed by atoms with Gasteiger partial charge in [0.1, 0.15) is 6.04 Å². The van der Waals surface area contributed by atoms with Crippen molar-refractivity contribution < 1.29 is 32.7 Å². The largest absolute Gasteiger partial charge is 0.481 e. The number of amides is 4. The molecule has 0 aromatic heterocycles. The molecule has 2 heterocycles. The number of carboxylic acid groups (broad SMARTS) is 1. The Morgan fingerprint density at radius 1 is 0.979 bits per heavy atom. The third-order valence-corrected chi connectivity index (χ3v) is 9.62. The first-order chi connectivity index (χ1) is 22.3. The second-order valence-corrected chi connectivity index (χ2v) is 15.2. The van der Waals surface area contributed by atoms with Crippen molar-refractivity contribution in [3.05, 3.63) is 12.2 Å². The lowest BCUT2D eigenvalue weighted by atomic mass is 9.86. The van der Waals surface area contributed by atoms with E-state index in [-0.39, 0.29) is 36.9 Å². The maximum atomic E-state index is 13.0. The van der Waals surface area contributed by atoms with E-state index in [0.717, 1.165) is 26.2 Å². The number of aliphatic carboxylic acids is 1. The van der Waals surface area contributed by atoms with E-state index < -0.39 is 39.7 Å². The molecule has 0 aliphatic carbocycles. The highest BCUT2D eigenvalue weighted by atomic mass is 32.2. The van der Waals surface area contributed by atoms with Gasteiger partial charge in [-0.3, -0.25) is 14.4 Å². The molecule has 4 atom stereocenters. The van der Waals surface area contributed by atoms with Crippen LogP contribution in [-0.2, 0) is 24.6 Å². The summed E-state index contributed by atoms with van der Waals surface area (Å²) in [6.45, 7) is 22.5. The van der Waals surface area contributed by atoms with Crippen LogP contribution in [0.25, 0.3) is 0 Å². The van der Waals surface area contributed by atoms with Crippen LogP contribution in [0.5, 0.6) is 0 Å². The summed E-state index contributed by atoms with van der Waals surface area (Å²) in [6, 6.07) is -1.65. The molecule has 4 N–H and O–H groups in total. The second-order valence-electron chi connectivity index (χ2n) is 13.1. The highest BCUT2D eigenvalue weighted by molar-refractivity contribution is 7.86. The van der Waals surface area contributed by atoms with Crippen molar-refractivity contribution in [2.24, 2.45) is 11.3 Å². The Morgan fingerprint density at radius 3 is 2.06 bits per heavy atom. The molecule has 0 radical (unpaired) electrons. The van der Waals surface area contributed by atoms with Gasteiger partial charge in [-0.05, 0) is 43.9 Å². The number of rotatable bonds is 11. The van der Waals surface area contributed by atoms with E-state index in [9.17, 15) is 22.8 Å². The number of hydrogen-bond donors (Lipinski definition) is 4. The van der Waals surface area contributed by atoms with Crippen molar-refractivity contribution in [3.8, 4) is 0 Å². The summed E-state index contributed by atoms with van der Waals surface area (Å²) in [7, 11) is -2.02. The van der Waals surface area contributed by atoms with E-state index in [1.165, 1.54) is 19.9 Å². The van der Waals surface area contributed by atoms with Crippen LogP contribution < -0.4 is 16.0 Å². The Labute approximate surface area is 291 Å². The summed E-state index contributed by atoms with van der Waals surface area (Å²) in [4.78, 5) is 49.3. The van der Waals surface area contributed by atoms with Crippen LogP contribution in [0.3, 0.4) is 0 Å². The third kappa shape index (κ3) is 18.2. The standard InChI is InChI=1S/C27H50N6O5S.C3H8.C2H4O2.C2H6/c1-8-9-10-13-20(2)21(3)29-25(35)22-14-11-17-33(22)24(34)18-28-26(36)30-23(27(4,5)6)19-32-16-12-15-31(7)39(32,37)38;1-3-2;1-2(3)4;1-2/h10,13,20-23H,8-9,11-12,14-19H2,1-7H3,(H,29,35)(H2,28,30,36);3H2,1-2H3;1H3,(H,3,4);1-2H3/b13-10-;;;/t20?,21?,22-,23+;;;/m0.../s1. The maximum absolute atomic E-state index is 13.0. The average molecular weight is 705 g/mol. The molecular weight excluding hydrogens is 636 g/mol. The van der Waals surface area contributed by atoms with Crippen molar-refractivity contribution in [2.75, 3.05) is 39.8 Å². The summed E-state index contributed by atoms with van der Waals surface area (Å²) in [5.74, 6) is -1.15. The zero-order valence-electron chi connectivity index (χ0n) is 31.9. The van der Waals surface area contributed by atoms with Gasteiger partial charge in [0.15, 0.2) is 0 Å². The topological polar surface area (TPSA) is 168 Å². The van der Waals surface area contributed by atoms with E-state index >= 15 is 0 Å². The van der Waals surface area contributed by atoms with E-state index in [2.05, 4.69) is 55.8 Å². The Hall–Kier alpha value is -2.71. The lowest BCUT2D eigenvalue weighted by Crippen LogP contribution is -2.58. The molecular formula is C34H68N6O7S. The van der Waals surface area contributed by atoms with Crippen LogP contribution in [0, 0.1) is 11.3 Å². The minimum atomic E-state index is -3.57. The van der Waals surface area contributed by atoms with Gasteiger partial charge in [0.2, 0.25) is 11.8 Å². The molecule has 0 aromatic carbocycles. The summed E-state index contributed by atoms with van der Waals surface area (Å²) < 4.78 is 28.1. The Bertz CT molecular complexity index is 1090. The maximum Gasteiger partial charge on any atom is 0.315 e. The minimum absolute atomic E-state index is 0.0649. The van der Waals surface area contributed by atoms with Crippen LogP contribution in [0.15, 0.2) is 12.2 Å². The molecule has 14 heteroatoms. The zero-order chi connectivity index (χ0) is 37.7.